The number of ether oxygens (including phenoxy) is 2. The molecule has 3 atom stereocenters. The fraction of sp³-hybridized carbons (Fsp3) is 0.707. The molecule has 0 radical (unpaired) electrons. The summed E-state index contributed by atoms with van der Waals surface area (Å²) in [5.41, 5.74) is 2.97. The molecule has 52 heavy (non-hydrogen) atoms. The Morgan fingerprint density at radius 3 is 2.50 bits per heavy atom. The summed E-state index contributed by atoms with van der Waals surface area (Å²) in [6, 6.07) is 10.9. The van der Waals surface area contributed by atoms with Gasteiger partial charge < -0.3 is 35.0 Å². The van der Waals surface area contributed by atoms with Crippen molar-refractivity contribution in [2.45, 2.75) is 127 Å². The van der Waals surface area contributed by atoms with E-state index >= 15 is 0 Å². The minimum absolute atomic E-state index is 0.0441. The molecular weight excluding hydrogens is 654 g/mol. The monoisotopic (exact) mass is 717 g/mol. The summed E-state index contributed by atoms with van der Waals surface area (Å²) in [5.74, 6) is 2.33. The maximum Gasteiger partial charge on any atom is 0.251 e. The van der Waals surface area contributed by atoms with Gasteiger partial charge in [0, 0.05) is 70.0 Å². The summed E-state index contributed by atoms with van der Waals surface area (Å²) in [4.78, 5) is 25.3. The molecule has 7 rings (SSSR count). The number of carbonyl (C=O) groups excluding carboxylic acids is 1. The second-order valence-electron chi connectivity index (χ2n) is 16.1. The van der Waals surface area contributed by atoms with Gasteiger partial charge in [-0.2, -0.15) is 0 Å². The minimum atomic E-state index is -0.670. The zero-order valence-corrected chi connectivity index (χ0v) is 31.7. The van der Waals surface area contributed by atoms with Gasteiger partial charge in [-0.25, -0.2) is 4.98 Å². The average molecular weight is 718 g/mol. The molecule has 4 heterocycles. The Kier molecular flexibility index (Phi) is 12.5. The third-order valence-corrected chi connectivity index (χ3v) is 12.2. The molecule has 0 bridgehead atoms. The third kappa shape index (κ3) is 9.58. The highest BCUT2D eigenvalue weighted by Crippen LogP contribution is 2.34. The van der Waals surface area contributed by atoms with Crippen molar-refractivity contribution in [3.05, 3.63) is 47.0 Å². The van der Waals surface area contributed by atoms with E-state index in [0.717, 1.165) is 95.3 Å². The number of hydrogen-bond acceptors (Lipinski definition) is 10. The Labute approximate surface area is 311 Å². The molecule has 2 saturated carbocycles. The van der Waals surface area contributed by atoms with Crippen molar-refractivity contribution in [1.82, 2.24) is 25.4 Å². The van der Waals surface area contributed by atoms with Crippen LogP contribution in [0, 0.1) is 0 Å². The van der Waals surface area contributed by atoms with Crippen LogP contribution in [-0.4, -0.2) is 115 Å². The lowest BCUT2D eigenvalue weighted by atomic mass is 9.93. The van der Waals surface area contributed by atoms with Gasteiger partial charge in [-0.05, 0) is 100 Å². The number of likely N-dealkylation sites (N-methyl/N-ethyl adjacent to an activating group) is 1. The van der Waals surface area contributed by atoms with Crippen molar-refractivity contribution in [2.24, 2.45) is 0 Å². The van der Waals surface area contributed by atoms with E-state index in [-0.39, 0.29) is 30.3 Å². The van der Waals surface area contributed by atoms with Crippen LogP contribution in [0.4, 0.5) is 11.6 Å². The average Bonchev–Trinajstić information content (AvgIpc) is 3.51. The SMILES string of the molecule is CCN1CCN(c2cc(C(=O)NC[C@H](O)CN3CCc4cc(OCC5OC6(CCCCCCCC6)NC5C)ccc4C3)cc(NC3CCC3)n2)CC1. The number of aliphatic hydroxyl groups is 1. The number of benzene rings is 1. The zero-order chi connectivity index (χ0) is 35.9. The van der Waals surface area contributed by atoms with Gasteiger partial charge in [-0.15, -0.1) is 0 Å². The lowest BCUT2D eigenvalue weighted by Gasteiger charge is -2.35. The number of rotatable bonds is 12. The number of amides is 1. The van der Waals surface area contributed by atoms with Crippen LogP contribution in [0.25, 0.3) is 0 Å². The molecule has 3 aliphatic heterocycles. The largest absolute Gasteiger partial charge is 0.491 e. The van der Waals surface area contributed by atoms with Gasteiger partial charge in [0.25, 0.3) is 5.91 Å². The van der Waals surface area contributed by atoms with Crippen LogP contribution in [0.5, 0.6) is 5.75 Å². The van der Waals surface area contributed by atoms with E-state index in [1.54, 1.807) is 0 Å². The molecule has 1 spiro atoms. The van der Waals surface area contributed by atoms with E-state index in [1.807, 2.05) is 12.1 Å². The van der Waals surface area contributed by atoms with Crippen molar-refractivity contribution in [3.8, 4) is 5.75 Å². The minimum Gasteiger partial charge on any atom is -0.491 e. The molecule has 11 heteroatoms. The first-order chi connectivity index (χ1) is 25.3. The summed E-state index contributed by atoms with van der Waals surface area (Å²) in [6.07, 6.45) is 13.7. The van der Waals surface area contributed by atoms with E-state index in [1.165, 1.54) is 56.1 Å². The second kappa shape index (κ2) is 17.5. The van der Waals surface area contributed by atoms with Crippen molar-refractivity contribution in [2.75, 3.05) is 69.2 Å². The summed E-state index contributed by atoms with van der Waals surface area (Å²) in [5, 5.41) is 21.4. The maximum absolute atomic E-state index is 13.4. The van der Waals surface area contributed by atoms with Crippen LogP contribution in [0.3, 0.4) is 0 Å². The Morgan fingerprint density at radius 1 is 1.00 bits per heavy atom. The normalized spacial score (nSPS) is 25.0. The van der Waals surface area contributed by atoms with Gasteiger partial charge in [0.2, 0.25) is 0 Å². The van der Waals surface area contributed by atoms with Gasteiger partial charge in [0.05, 0.1) is 6.10 Å². The Hall–Kier alpha value is -2.96. The highest BCUT2D eigenvalue weighted by Gasteiger charge is 2.43. The first kappa shape index (κ1) is 37.4. The second-order valence-corrected chi connectivity index (χ2v) is 16.1. The van der Waals surface area contributed by atoms with Crippen LogP contribution in [-0.2, 0) is 17.7 Å². The number of pyridine rings is 1. The molecule has 1 aromatic carbocycles. The molecule has 2 saturated heterocycles. The molecule has 5 aliphatic rings. The van der Waals surface area contributed by atoms with Crippen LogP contribution in [0.15, 0.2) is 30.3 Å². The highest BCUT2D eigenvalue weighted by atomic mass is 16.6. The number of anilines is 2. The van der Waals surface area contributed by atoms with E-state index in [4.69, 9.17) is 14.5 Å². The number of nitrogens with one attached hydrogen (secondary N) is 3. The first-order valence-corrected chi connectivity index (χ1v) is 20.5. The van der Waals surface area contributed by atoms with Gasteiger partial charge in [0.15, 0.2) is 0 Å². The third-order valence-electron chi connectivity index (χ3n) is 12.2. The summed E-state index contributed by atoms with van der Waals surface area (Å²) < 4.78 is 13.0. The molecule has 286 valence electrons. The number of piperazine rings is 1. The number of nitrogens with zero attached hydrogens (tertiary/aromatic N) is 4. The molecular formula is C41H63N7O4. The molecule has 4 fully saturated rings. The van der Waals surface area contributed by atoms with Gasteiger partial charge in [-0.3, -0.25) is 15.0 Å². The first-order valence-electron chi connectivity index (χ1n) is 20.5. The number of β-amino-alcohol motifs (C(OH)–C–C–N with tert-alkyl or cyclic N) is 1. The predicted molar refractivity (Wildman–Crippen MR) is 206 cm³/mol. The summed E-state index contributed by atoms with van der Waals surface area (Å²) in [6.45, 7) is 12.1. The smallest absolute Gasteiger partial charge is 0.251 e. The number of fused-ring (bicyclic) bond motifs is 1. The zero-order valence-electron chi connectivity index (χ0n) is 31.7. The van der Waals surface area contributed by atoms with E-state index in [0.29, 0.717) is 24.8 Å². The van der Waals surface area contributed by atoms with Crippen molar-refractivity contribution < 1.29 is 19.4 Å². The lowest BCUT2D eigenvalue weighted by Crippen LogP contribution is -2.46. The van der Waals surface area contributed by atoms with Crippen LogP contribution in [0.2, 0.25) is 0 Å². The number of hydrogen-bond donors (Lipinski definition) is 4. The topological polar surface area (TPSA) is 114 Å². The van der Waals surface area contributed by atoms with E-state index in [9.17, 15) is 9.90 Å². The lowest BCUT2D eigenvalue weighted by molar-refractivity contribution is -0.0756. The number of carbonyl (C=O) groups is 1. The van der Waals surface area contributed by atoms with Crippen molar-refractivity contribution in [3.63, 3.8) is 0 Å². The summed E-state index contributed by atoms with van der Waals surface area (Å²) >= 11 is 0. The standard InChI is InChI=1S/C41H63N7O4/c1-3-46-19-21-48(22-20-46)39-25-33(24-38(44-39)43-34-11-10-12-34)40(50)42-26-35(49)28-47-18-15-31-23-36(14-13-32(31)27-47)51-29-37-30(2)45-41(52-37)16-8-6-4-5-7-9-17-41/h13-14,23-25,30,34-35,37,45,49H,3-12,15-22,26-29H2,1-2H3,(H,42,50)(H,43,44)/t30?,35-,37?/m0/s1. The van der Waals surface area contributed by atoms with Gasteiger partial charge in [0.1, 0.15) is 35.8 Å². The molecule has 2 unspecified atom stereocenters. The van der Waals surface area contributed by atoms with Crippen molar-refractivity contribution >= 4 is 17.5 Å². The molecule has 2 aliphatic carbocycles. The van der Waals surface area contributed by atoms with Gasteiger partial charge in [-0.1, -0.05) is 38.7 Å². The predicted octanol–water partition coefficient (Wildman–Crippen LogP) is 4.92. The maximum atomic E-state index is 13.4. The number of aliphatic hydroxyl groups excluding tert-OH is 1. The Balaban J connectivity index is 0.882. The molecule has 1 amide bonds. The molecule has 4 N–H and O–H groups in total. The number of aromatic nitrogens is 1. The van der Waals surface area contributed by atoms with Crippen LogP contribution in [0.1, 0.15) is 106 Å². The van der Waals surface area contributed by atoms with E-state index < -0.39 is 6.10 Å². The highest BCUT2D eigenvalue weighted by molar-refractivity contribution is 5.95. The fourth-order valence-electron chi connectivity index (χ4n) is 8.65. The van der Waals surface area contributed by atoms with E-state index in [2.05, 4.69) is 62.7 Å². The quantitative estimate of drug-likeness (QED) is 0.241. The molecule has 11 nitrogen and oxygen atoms in total. The van der Waals surface area contributed by atoms with Crippen LogP contribution < -0.4 is 25.6 Å². The van der Waals surface area contributed by atoms with Gasteiger partial charge >= 0.3 is 0 Å². The fourth-order valence-corrected chi connectivity index (χ4v) is 8.65. The molecule has 2 aromatic rings. The van der Waals surface area contributed by atoms with Crippen LogP contribution >= 0.6 is 0 Å². The Morgan fingerprint density at radius 2 is 1.77 bits per heavy atom. The summed E-state index contributed by atoms with van der Waals surface area (Å²) in [7, 11) is 0. The Bertz CT molecular complexity index is 1470. The van der Waals surface area contributed by atoms with Crippen molar-refractivity contribution in [1.29, 1.82) is 0 Å². The molecule has 1 aromatic heterocycles.